The molecule has 0 aromatic heterocycles. The molecule has 10 heteroatoms. The first-order valence-electron chi connectivity index (χ1n) is 10.3. The number of carbonyl (C=O) groups excluding carboxylic acids is 1. The summed E-state index contributed by atoms with van der Waals surface area (Å²) in [5, 5.41) is 40.0. The summed E-state index contributed by atoms with van der Waals surface area (Å²) in [5.74, 6) is -0.764. The van der Waals surface area contributed by atoms with E-state index in [-0.39, 0.29) is 53.2 Å². The van der Waals surface area contributed by atoms with Gasteiger partial charge in [0.1, 0.15) is 5.75 Å². The molecule has 3 rings (SSSR count). The van der Waals surface area contributed by atoms with Gasteiger partial charge in [0.05, 0.1) is 34.5 Å². The number of nitro benzene ring substituents is 1. The molecule has 1 amide bonds. The smallest absolute Gasteiger partial charge is 0.273 e. The van der Waals surface area contributed by atoms with Crippen molar-refractivity contribution in [2.45, 2.75) is 19.8 Å². The second-order valence-corrected chi connectivity index (χ2v) is 7.28. The number of unbranched alkanes of at least 4 members (excludes halogenated alkanes) is 1. The molecule has 0 aliphatic rings. The van der Waals surface area contributed by atoms with Crippen LogP contribution in [0, 0.1) is 10.1 Å². The fourth-order valence-electron chi connectivity index (χ4n) is 3.13. The minimum atomic E-state index is -0.598. The van der Waals surface area contributed by atoms with Gasteiger partial charge in [-0.15, -0.1) is 0 Å². The van der Waals surface area contributed by atoms with Gasteiger partial charge in [-0.25, -0.2) is 0 Å². The number of aliphatic hydroxyl groups excluding tert-OH is 1. The van der Waals surface area contributed by atoms with Crippen LogP contribution >= 0.6 is 0 Å². The molecule has 0 saturated carbocycles. The molecule has 0 aliphatic heterocycles. The highest BCUT2D eigenvalue weighted by Crippen LogP contribution is 2.34. The SMILES string of the molecule is CCCCN(CCO)C(=O)c1cc2ccccc2c(N)c1O.Nc1ccc([N+](=O)[O-])cc1O. The molecule has 3 aromatic carbocycles. The van der Waals surface area contributed by atoms with Crippen LogP contribution in [0.25, 0.3) is 10.8 Å². The number of phenols is 2. The summed E-state index contributed by atoms with van der Waals surface area (Å²) in [7, 11) is 0. The molecule has 0 radical (unpaired) electrons. The predicted molar refractivity (Wildman–Crippen MR) is 127 cm³/mol. The number of phenolic OH excluding ortho intramolecular Hbond substituents is 2. The molecule has 33 heavy (non-hydrogen) atoms. The van der Waals surface area contributed by atoms with E-state index in [0.29, 0.717) is 6.54 Å². The van der Waals surface area contributed by atoms with E-state index in [4.69, 9.17) is 21.7 Å². The standard InChI is InChI=1S/C17H22N2O3.C6H6N2O3/c1-2-3-8-19(9-10-20)17(22)14-11-12-6-4-5-7-13(12)15(18)16(14)21;7-5-2-1-4(8(10)11)3-6(5)9/h4-7,11,20-21H,2-3,8-10,18H2,1H3;1-3,9H,7H2. The number of aliphatic hydroxyl groups is 1. The van der Waals surface area contributed by atoms with Crippen molar-refractivity contribution in [3.05, 3.63) is 64.2 Å². The van der Waals surface area contributed by atoms with Crippen molar-refractivity contribution >= 4 is 33.7 Å². The lowest BCUT2D eigenvalue weighted by molar-refractivity contribution is -0.384. The number of aromatic hydroxyl groups is 2. The number of rotatable bonds is 7. The van der Waals surface area contributed by atoms with Crippen molar-refractivity contribution in [3.8, 4) is 11.5 Å². The van der Waals surface area contributed by atoms with Gasteiger partial charge in [0, 0.05) is 24.5 Å². The summed E-state index contributed by atoms with van der Waals surface area (Å²) in [6.45, 7) is 2.71. The Morgan fingerprint density at radius 1 is 1.09 bits per heavy atom. The van der Waals surface area contributed by atoms with E-state index in [1.165, 1.54) is 12.1 Å². The molecule has 0 spiro atoms. The molecule has 0 heterocycles. The van der Waals surface area contributed by atoms with Gasteiger partial charge < -0.3 is 31.7 Å². The third kappa shape index (κ3) is 6.23. The Hall–Kier alpha value is -4.05. The van der Waals surface area contributed by atoms with Crippen molar-refractivity contribution < 1.29 is 25.0 Å². The quantitative estimate of drug-likeness (QED) is 0.156. The highest BCUT2D eigenvalue weighted by molar-refractivity contribution is 6.06. The lowest BCUT2D eigenvalue weighted by atomic mass is 10.0. The highest BCUT2D eigenvalue weighted by atomic mass is 16.6. The predicted octanol–water partition coefficient (Wildman–Crippen LogP) is 3.24. The van der Waals surface area contributed by atoms with E-state index in [1.54, 1.807) is 17.0 Å². The maximum atomic E-state index is 12.7. The summed E-state index contributed by atoms with van der Waals surface area (Å²) >= 11 is 0. The van der Waals surface area contributed by atoms with Crippen LogP contribution in [-0.4, -0.2) is 50.7 Å². The van der Waals surface area contributed by atoms with Crippen LogP contribution in [0.15, 0.2) is 48.5 Å². The molecule has 7 N–H and O–H groups in total. The molecule has 176 valence electrons. The number of non-ortho nitro benzene ring substituents is 1. The number of nitrogen functional groups attached to an aromatic ring is 2. The molecule has 0 saturated heterocycles. The first kappa shape index (κ1) is 25.2. The van der Waals surface area contributed by atoms with E-state index in [2.05, 4.69) is 0 Å². The van der Waals surface area contributed by atoms with Gasteiger partial charge in [-0.05, 0) is 23.9 Å². The van der Waals surface area contributed by atoms with Crippen LogP contribution in [0.1, 0.15) is 30.1 Å². The first-order chi connectivity index (χ1) is 15.7. The first-order valence-corrected chi connectivity index (χ1v) is 10.3. The van der Waals surface area contributed by atoms with Gasteiger partial charge in [-0.3, -0.25) is 14.9 Å². The number of benzene rings is 3. The largest absolute Gasteiger partial charge is 0.506 e. The van der Waals surface area contributed by atoms with Crippen LogP contribution in [0.4, 0.5) is 17.1 Å². The van der Waals surface area contributed by atoms with E-state index < -0.39 is 4.92 Å². The topological polar surface area (TPSA) is 176 Å². The third-order valence-electron chi connectivity index (χ3n) is 4.96. The molecule has 0 aliphatic carbocycles. The van der Waals surface area contributed by atoms with Crippen molar-refractivity contribution in [3.63, 3.8) is 0 Å². The van der Waals surface area contributed by atoms with E-state index in [9.17, 15) is 20.0 Å². The average Bonchev–Trinajstić information content (AvgIpc) is 2.80. The monoisotopic (exact) mass is 456 g/mol. The molecule has 0 fully saturated rings. The van der Waals surface area contributed by atoms with E-state index >= 15 is 0 Å². The molecule has 0 bridgehead atoms. The number of carbonyl (C=O) groups is 1. The Labute approximate surface area is 190 Å². The lowest BCUT2D eigenvalue weighted by Gasteiger charge is -2.22. The normalized spacial score (nSPS) is 10.4. The second-order valence-electron chi connectivity index (χ2n) is 7.28. The number of nitrogens with zero attached hydrogens (tertiary/aromatic N) is 2. The average molecular weight is 456 g/mol. The van der Waals surface area contributed by atoms with Gasteiger partial charge in [0.15, 0.2) is 5.75 Å². The summed E-state index contributed by atoms with van der Waals surface area (Å²) in [4.78, 5) is 23.7. The fraction of sp³-hybridized carbons (Fsp3) is 0.261. The number of fused-ring (bicyclic) bond motifs is 1. The van der Waals surface area contributed by atoms with Gasteiger partial charge >= 0.3 is 0 Å². The van der Waals surface area contributed by atoms with Crippen molar-refractivity contribution in [2.75, 3.05) is 31.2 Å². The van der Waals surface area contributed by atoms with Crippen LogP contribution in [-0.2, 0) is 0 Å². The minimum Gasteiger partial charge on any atom is -0.506 e. The molecule has 0 unspecified atom stereocenters. The summed E-state index contributed by atoms with van der Waals surface area (Å²) in [6.07, 6.45) is 1.79. The fourth-order valence-corrected chi connectivity index (χ4v) is 3.13. The third-order valence-corrected chi connectivity index (χ3v) is 4.96. The van der Waals surface area contributed by atoms with E-state index in [0.717, 1.165) is 29.7 Å². The maximum Gasteiger partial charge on any atom is 0.273 e. The number of nitrogens with two attached hydrogens (primary N) is 2. The maximum absolute atomic E-state index is 12.7. The number of amides is 1. The number of hydrogen-bond donors (Lipinski definition) is 5. The van der Waals surface area contributed by atoms with Crippen LogP contribution in [0.5, 0.6) is 11.5 Å². The van der Waals surface area contributed by atoms with Crippen molar-refractivity contribution in [1.82, 2.24) is 4.90 Å². The van der Waals surface area contributed by atoms with Crippen molar-refractivity contribution in [1.29, 1.82) is 0 Å². The molecular weight excluding hydrogens is 428 g/mol. The molecule has 0 atom stereocenters. The zero-order valence-electron chi connectivity index (χ0n) is 18.3. The number of anilines is 2. The Morgan fingerprint density at radius 3 is 2.39 bits per heavy atom. The Morgan fingerprint density at radius 2 is 1.79 bits per heavy atom. The summed E-state index contributed by atoms with van der Waals surface area (Å²) in [6, 6.07) is 12.5. The van der Waals surface area contributed by atoms with Crippen LogP contribution in [0.3, 0.4) is 0 Å². The van der Waals surface area contributed by atoms with Gasteiger partial charge in [0.2, 0.25) is 0 Å². The van der Waals surface area contributed by atoms with Gasteiger partial charge in [-0.2, -0.15) is 0 Å². The number of nitro groups is 1. The Kier molecular flexibility index (Phi) is 8.81. The van der Waals surface area contributed by atoms with Gasteiger partial charge in [0.25, 0.3) is 11.6 Å². The number of hydrogen-bond acceptors (Lipinski definition) is 8. The zero-order valence-corrected chi connectivity index (χ0v) is 18.3. The highest BCUT2D eigenvalue weighted by Gasteiger charge is 2.21. The summed E-state index contributed by atoms with van der Waals surface area (Å²) in [5.41, 5.74) is 11.5. The lowest BCUT2D eigenvalue weighted by Crippen LogP contribution is -2.34. The molecule has 3 aromatic rings. The second kappa shape index (κ2) is 11.5. The van der Waals surface area contributed by atoms with Crippen molar-refractivity contribution in [2.24, 2.45) is 0 Å². The van der Waals surface area contributed by atoms with Crippen LogP contribution in [0.2, 0.25) is 0 Å². The summed E-state index contributed by atoms with van der Waals surface area (Å²) < 4.78 is 0. The van der Waals surface area contributed by atoms with E-state index in [1.807, 2.05) is 25.1 Å². The minimum absolute atomic E-state index is 0.112. The zero-order chi connectivity index (χ0) is 24.5. The molecular formula is C23H28N4O6. The van der Waals surface area contributed by atoms with Gasteiger partial charge in [-0.1, -0.05) is 37.6 Å². The van der Waals surface area contributed by atoms with Crippen LogP contribution < -0.4 is 11.5 Å². The Balaban J connectivity index is 0.000000294. The molecule has 10 nitrogen and oxygen atoms in total. The Bertz CT molecular complexity index is 1140.